The molecule has 2 heterocycles. The van der Waals surface area contributed by atoms with Crippen LogP contribution in [0.5, 0.6) is 0 Å². The van der Waals surface area contributed by atoms with Gasteiger partial charge in [0.2, 0.25) is 5.91 Å². The Morgan fingerprint density at radius 3 is 2.41 bits per heavy atom. The van der Waals surface area contributed by atoms with Crippen LogP contribution in [0, 0.1) is 5.82 Å². The van der Waals surface area contributed by atoms with E-state index in [1.807, 2.05) is 18.2 Å². The van der Waals surface area contributed by atoms with Gasteiger partial charge < -0.3 is 5.32 Å². The first kappa shape index (κ1) is 22.4. The van der Waals surface area contributed by atoms with Gasteiger partial charge in [0.1, 0.15) is 11.9 Å². The largest absolute Gasteiger partial charge is 0.328 e. The summed E-state index contributed by atoms with van der Waals surface area (Å²) < 4.78 is 17.6. The number of benzodiazepines with no additional fused rings is 1. The first-order valence-electron chi connectivity index (χ1n) is 10.5. The number of carbonyl (C=O) groups is 1. The molecule has 1 aliphatic heterocycles. The zero-order valence-electron chi connectivity index (χ0n) is 18.3. The normalized spacial score (nSPS) is 15.6. The van der Waals surface area contributed by atoms with Gasteiger partial charge in [-0.15, -0.1) is 0 Å². The van der Waals surface area contributed by atoms with Gasteiger partial charge in [0.15, 0.2) is 0 Å². The van der Waals surface area contributed by atoms with E-state index in [-0.39, 0.29) is 23.0 Å². The minimum absolute atomic E-state index is 0.0477. The summed E-state index contributed by atoms with van der Waals surface area (Å²) in [4.78, 5) is 30.3. The molecular weight excluding hydrogens is 478 g/mol. The highest BCUT2D eigenvalue weighted by atomic mass is 35.5. The number of imidazole rings is 1. The Kier molecular flexibility index (Phi) is 5.54. The number of halogens is 3. The molecule has 172 valence electrons. The highest BCUT2D eigenvalue weighted by molar-refractivity contribution is 6.32. The third kappa shape index (κ3) is 3.81. The Labute approximate surface area is 204 Å². The molecule has 1 atom stereocenters. The summed E-state index contributed by atoms with van der Waals surface area (Å²) in [5.41, 5.74) is 4.09. The van der Waals surface area contributed by atoms with Crippen LogP contribution in [0.15, 0.2) is 64.4 Å². The number of nitrogens with zero attached hydrogens (tertiary/aromatic N) is 3. The van der Waals surface area contributed by atoms with Crippen LogP contribution in [0.4, 0.5) is 10.1 Å². The van der Waals surface area contributed by atoms with Gasteiger partial charge >= 0.3 is 5.69 Å². The summed E-state index contributed by atoms with van der Waals surface area (Å²) in [6, 6.07) is 14.1. The van der Waals surface area contributed by atoms with Crippen molar-refractivity contribution < 1.29 is 9.18 Å². The molecule has 34 heavy (non-hydrogen) atoms. The summed E-state index contributed by atoms with van der Waals surface area (Å²) in [6.45, 7) is 0. The molecule has 3 aromatic carbocycles. The number of nitrogens with one attached hydrogen (secondary N) is 1. The van der Waals surface area contributed by atoms with Crippen LogP contribution in [0.3, 0.4) is 0 Å². The fourth-order valence-corrected chi connectivity index (χ4v) is 4.57. The van der Waals surface area contributed by atoms with Gasteiger partial charge in [0.05, 0.1) is 22.4 Å². The van der Waals surface area contributed by atoms with Crippen LogP contribution in [-0.2, 0) is 25.3 Å². The van der Waals surface area contributed by atoms with Crippen LogP contribution in [0.1, 0.15) is 16.7 Å². The molecule has 0 unspecified atom stereocenters. The quantitative estimate of drug-likeness (QED) is 0.445. The maximum atomic E-state index is 14.5. The van der Waals surface area contributed by atoms with Gasteiger partial charge in [-0.25, -0.2) is 9.18 Å². The number of carbonyl (C=O) groups excluding carboxylic acids is 1. The average Bonchev–Trinajstić information content (AvgIpc) is 2.94. The van der Waals surface area contributed by atoms with Crippen LogP contribution in [0.2, 0.25) is 10.0 Å². The standard InChI is InChI=1S/C25H19Cl2FN4O2/c1-31-21-8-4-14(10-22(21)32(2)25(31)34)23-17-11-15(26)6-7-19(17)30-24(33)20(29-23)9-13-3-5-16(27)12-18(13)28/h3-8,10-12,20H,9H2,1-2H3,(H,30,33)/t20-/m0/s1. The van der Waals surface area contributed by atoms with E-state index in [0.717, 1.165) is 11.0 Å². The van der Waals surface area contributed by atoms with E-state index in [9.17, 15) is 14.0 Å². The lowest BCUT2D eigenvalue weighted by atomic mass is 9.99. The van der Waals surface area contributed by atoms with Gasteiger partial charge in [-0.1, -0.05) is 35.3 Å². The van der Waals surface area contributed by atoms with Crippen molar-refractivity contribution in [3.05, 3.63) is 97.6 Å². The molecule has 1 amide bonds. The van der Waals surface area contributed by atoms with Gasteiger partial charge in [-0.3, -0.25) is 18.9 Å². The van der Waals surface area contributed by atoms with Crippen LogP contribution < -0.4 is 11.0 Å². The maximum Gasteiger partial charge on any atom is 0.328 e. The Morgan fingerprint density at radius 1 is 0.941 bits per heavy atom. The molecule has 1 aromatic heterocycles. The van der Waals surface area contributed by atoms with Crippen LogP contribution >= 0.6 is 23.2 Å². The molecule has 0 spiro atoms. The SMILES string of the molecule is Cn1c(=O)n(C)c2cc(C3=N[C@@H](Cc4ccc(Cl)cc4F)C(=O)Nc4ccc(Cl)cc43)ccc21. The first-order chi connectivity index (χ1) is 16.2. The van der Waals surface area contributed by atoms with E-state index in [2.05, 4.69) is 5.32 Å². The fraction of sp³-hybridized carbons (Fsp3) is 0.160. The summed E-state index contributed by atoms with van der Waals surface area (Å²) in [5.74, 6) is -0.858. The Morgan fingerprint density at radius 2 is 1.65 bits per heavy atom. The minimum atomic E-state index is -0.896. The average molecular weight is 497 g/mol. The van der Waals surface area contributed by atoms with Crippen molar-refractivity contribution in [3.63, 3.8) is 0 Å². The predicted octanol–water partition coefficient (Wildman–Crippen LogP) is 4.72. The Hall–Kier alpha value is -3.42. The summed E-state index contributed by atoms with van der Waals surface area (Å²) in [7, 11) is 3.41. The molecule has 9 heteroatoms. The lowest BCUT2D eigenvalue weighted by Gasteiger charge is -2.12. The van der Waals surface area contributed by atoms with E-state index in [1.165, 1.54) is 6.07 Å². The molecule has 6 nitrogen and oxygen atoms in total. The maximum absolute atomic E-state index is 14.5. The molecule has 0 bridgehead atoms. The number of anilines is 1. The molecule has 0 aliphatic carbocycles. The lowest BCUT2D eigenvalue weighted by molar-refractivity contribution is -0.117. The third-order valence-corrected chi connectivity index (χ3v) is 6.53. The van der Waals surface area contributed by atoms with E-state index in [1.54, 1.807) is 53.6 Å². The van der Waals surface area contributed by atoms with E-state index in [0.29, 0.717) is 33.1 Å². The first-order valence-corrected chi connectivity index (χ1v) is 11.3. The Balaban J connectivity index is 1.69. The predicted molar refractivity (Wildman–Crippen MR) is 133 cm³/mol. The Bertz CT molecular complexity index is 1570. The van der Waals surface area contributed by atoms with Gasteiger partial charge in [0, 0.05) is 41.7 Å². The second-order valence-corrected chi connectivity index (χ2v) is 9.09. The number of hydrogen-bond acceptors (Lipinski definition) is 3. The smallest absolute Gasteiger partial charge is 0.324 e. The monoisotopic (exact) mass is 496 g/mol. The van der Waals surface area contributed by atoms with Crippen molar-refractivity contribution in [2.75, 3.05) is 5.32 Å². The summed E-state index contributed by atoms with van der Waals surface area (Å²) in [6.07, 6.45) is 0.0477. The molecule has 5 rings (SSSR count). The zero-order chi connectivity index (χ0) is 24.1. The molecule has 0 saturated heterocycles. The molecule has 1 aliphatic rings. The number of amides is 1. The molecule has 0 fully saturated rings. The van der Waals surface area contributed by atoms with Crippen molar-refractivity contribution >= 4 is 51.5 Å². The fourth-order valence-electron chi connectivity index (χ4n) is 4.24. The highest BCUT2D eigenvalue weighted by Crippen LogP contribution is 2.29. The number of rotatable bonds is 3. The highest BCUT2D eigenvalue weighted by Gasteiger charge is 2.27. The van der Waals surface area contributed by atoms with Gasteiger partial charge in [-0.05, 0) is 48.0 Å². The van der Waals surface area contributed by atoms with E-state index < -0.39 is 11.9 Å². The molecule has 0 saturated carbocycles. The molecular formula is C25H19Cl2FN4O2. The van der Waals surface area contributed by atoms with Crippen molar-refractivity contribution in [1.82, 2.24) is 9.13 Å². The van der Waals surface area contributed by atoms with Crippen molar-refractivity contribution in [2.24, 2.45) is 19.1 Å². The number of aliphatic imine (C=N–C) groups is 1. The van der Waals surface area contributed by atoms with Gasteiger partial charge in [0.25, 0.3) is 0 Å². The summed E-state index contributed by atoms with van der Waals surface area (Å²) in [5, 5.41) is 3.65. The van der Waals surface area contributed by atoms with E-state index in [4.69, 9.17) is 28.2 Å². The molecule has 4 aromatic rings. The minimum Gasteiger partial charge on any atom is -0.324 e. The number of benzene rings is 3. The number of aromatic nitrogens is 2. The third-order valence-electron chi connectivity index (χ3n) is 6.06. The zero-order valence-corrected chi connectivity index (χ0v) is 19.8. The van der Waals surface area contributed by atoms with Crippen LogP contribution in [0.25, 0.3) is 11.0 Å². The van der Waals surface area contributed by atoms with Gasteiger partial charge in [-0.2, -0.15) is 0 Å². The summed E-state index contributed by atoms with van der Waals surface area (Å²) >= 11 is 12.2. The molecule has 0 radical (unpaired) electrons. The van der Waals surface area contributed by atoms with E-state index >= 15 is 0 Å². The van der Waals surface area contributed by atoms with Crippen molar-refractivity contribution in [3.8, 4) is 0 Å². The van der Waals surface area contributed by atoms with Crippen LogP contribution in [-0.4, -0.2) is 26.8 Å². The number of fused-ring (bicyclic) bond motifs is 2. The second kappa shape index (κ2) is 8.42. The lowest BCUT2D eigenvalue weighted by Crippen LogP contribution is -2.28. The number of hydrogen-bond donors (Lipinski definition) is 1. The van der Waals surface area contributed by atoms with Crippen molar-refractivity contribution in [1.29, 1.82) is 0 Å². The number of aryl methyl sites for hydroxylation is 2. The van der Waals surface area contributed by atoms with Crippen molar-refractivity contribution in [2.45, 2.75) is 12.5 Å². The molecule has 1 N–H and O–H groups in total. The second-order valence-electron chi connectivity index (χ2n) is 8.22. The topological polar surface area (TPSA) is 68.4 Å².